The number of nitrogens with one attached hydrogen (secondary N) is 1. The predicted molar refractivity (Wildman–Crippen MR) is 88.1 cm³/mol. The van der Waals surface area contributed by atoms with Crippen molar-refractivity contribution in [1.82, 2.24) is 9.80 Å². The Morgan fingerprint density at radius 1 is 1.26 bits per heavy atom. The van der Waals surface area contributed by atoms with E-state index in [1.54, 1.807) is 34.9 Å². The third-order valence-electron chi connectivity index (χ3n) is 3.83. The number of hydrogen-bond acceptors (Lipinski definition) is 4. The molecule has 6 nitrogen and oxygen atoms in total. The zero-order valence-electron chi connectivity index (χ0n) is 13.0. The lowest BCUT2D eigenvalue weighted by molar-refractivity contribution is -0.138. The molecule has 0 aliphatic carbocycles. The molecule has 0 atom stereocenters. The molecule has 1 fully saturated rings. The zero-order valence-corrected chi connectivity index (χ0v) is 13.8. The Morgan fingerprint density at radius 2 is 1.91 bits per heavy atom. The molecule has 0 saturated carbocycles. The van der Waals surface area contributed by atoms with Crippen LogP contribution < -0.4 is 5.32 Å². The van der Waals surface area contributed by atoms with Gasteiger partial charge in [0.2, 0.25) is 11.8 Å². The average Bonchev–Trinajstić information content (AvgIpc) is 2.55. The largest absolute Gasteiger partial charge is 0.383 e. The summed E-state index contributed by atoms with van der Waals surface area (Å²) in [5, 5.41) is 12.7. The molecule has 1 aliphatic rings. The standard InChI is InChI=1S/C16H19ClN4O2/c1-12(22)20-6-8-21(9-7-20)16(23)4-5-19-15-10-14(17)3-2-13(15)11-18/h2-3,10,19H,4-9H2,1H3. The van der Waals surface area contributed by atoms with Gasteiger partial charge in [-0.1, -0.05) is 11.6 Å². The summed E-state index contributed by atoms with van der Waals surface area (Å²) >= 11 is 5.92. The number of amides is 2. The van der Waals surface area contributed by atoms with Gasteiger partial charge in [0.05, 0.1) is 11.3 Å². The molecule has 2 amide bonds. The Kier molecular flexibility index (Phi) is 5.83. The highest BCUT2D eigenvalue weighted by atomic mass is 35.5. The van der Waals surface area contributed by atoms with Crippen molar-refractivity contribution in [2.75, 3.05) is 38.0 Å². The molecule has 1 saturated heterocycles. The molecule has 1 aromatic carbocycles. The fraction of sp³-hybridized carbons (Fsp3) is 0.438. The number of benzene rings is 1. The summed E-state index contributed by atoms with van der Waals surface area (Å²) in [6, 6.07) is 7.07. The van der Waals surface area contributed by atoms with Crippen LogP contribution in [-0.2, 0) is 9.59 Å². The van der Waals surface area contributed by atoms with Crippen molar-refractivity contribution >= 4 is 29.1 Å². The summed E-state index contributed by atoms with van der Waals surface area (Å²) in [6.07, 6.45) is 0.331. The molecular weight excluding hydrogens is 316 g/mol. The van der Waals surface area contributed by atoms with Crippen LogP contribution in [0, 0.1) is 11.3 Å². The summed E-state index contributed by atoms with van der Waals surface area (Å²) in [6.45, 7) is 4.28. The molecule has 2 rings (SSSR count). The third-order valence-corrected chi connectivity index (χ3v) is 4.07. The van der Waals surface area contributed by atoms with Gasteiger partial charge in [0.15, 0.2) is 0 Å². The molecule has 0 spiro atoms. The Morgan fingerprint density at radius 3 is 2.52 bits per heavy atom. The number of carbonyl (C=O) groups excluding carboxylic acids is 2. The van der Waals surface area contributed by atoms with Crippen LogP contribution in [0.5, 0.6) is 0 Å². The Balaban J connectivity index is 1.81. The normalized spacial score (nSPS) is 14.3. The molecule has 0 radical (unpaired) electrons. The van der Waals surface area contributed by atoms with Crippen molar-refractivity contribution in [2.24, 2.45) is 0 Å². The molecule has 1 aliphatic heterocycles. The van der Waals surface area contributed by atoms with E-state index in [-0.39, 0.29) is 11.8 Å². The number of anilines is 1. The van der Waals surface area contributed by atoms with Crippen molar-refractivity contribution in [3.05, 3.63) is 28.8 Å². The van der Waals surface area contributed by atoms with E-state index >= 15 is 0 Å². The highest BCUT2D eigenvalue weighted by Gasteiger charge is 2.21. The van der Waals surface area contributed by atoms with Crippen LogP contribution in [0.3, 0.4) is 0 Å². The molecule has 7 heteroatoms. The van der Waals surface area contributed by atoms with Gasteiger partial charge in [0.1, 0.15) is 6.07 Å². The number of nitriles is 1. The SMILES string of the molecule is CC(=O)N1CCN(C(=O)CCNc2cc(Cl)ccc2C#N)CC1. The number of carbonyl (C=O) groups is 2. The summed E-state index contributed by atoms with van der Waals surface area (Å²) in [5.41, 5.74) is 1.13. The van der Waals surface area contributed by atoms with Crippen molar-refractivity contribution in [1.29, 1.82) is 5.26 Å². The van der Waals surface area contributed by atoms with Gasteiger partial charge in [-0.25, -0.2) is 0 Å². The van der Waals surface area contributed by atoms with Gasteiger partial charge in [-0.15, -0.1) is 0 Å². The predicted octanol–water partition coefficient (Wildman–Crippen LogP) is 1.70. The summed E-state index contributed by atoms with van der Waals surface area (Å²) < 4.78 is 0. The third kappa shape index (κ3) is 4.60. The topological polar surface area (TPSA) is 76.4 Å². The second-order valence-corrected chi connectivity index (χ2v) is 5.80. The summed E-state index contributed by atoms with van der Waals surface area (Å²) in [4.78, 5) is 27.0. The van der Waals surface area contributed by atoms with Gasteiger partial charge in [-0.3, -0.25) is 9.59 Å². The fourth-order valence-corrected chi connectivity index (χ4v) is 2.67. The monoisotopic (exact) mass is 334 g/mol. The molecule has 0 aromatic heterocycles. The van der Waals surface area contributed by atoms with Crippen LogP contribution in [0.1, 0.15) is 18.9 Å². The summed E-state index contributed by atoms with van der Waals surface area (Å²) in [5.74, 6) is 0.0880. The van der Waals surface area contributed by atoms with Gasteiger partial charge < -0.3 is 15.1 Å². The van der Waals surface area contributed by atoms with Gasteiger partial charge in [-0.05, 0) is 18.2 Å². The summed E-state index contributed by atoms with van der Waals surface area (Å²) in [7, 11) is 0. The Bertz CT molecular complexity index is 633. The van der Waals surface area contributed by atoms with E-state index in [0.717, 1.165) is 0 Å². The van der Waals surface area contributed by atoms with Gasteiger partial charge >= 0.3 is 0 Å². The van der Waals surface area contributed by atoms with Crippen LogP contribution in [-0.4, -0.2) is 54.3 Å². The molecule has 1 aromatic rings. The number of rotatable bonds is 4. The molecule has 1 heterocycles. The minimum absolute atomic E-state index is 0.0428. The lowest BCUT2D eigenvalue weighted by Crippen LogP contribution is -2.50. The van der Waals surface area contributed by atoms with Crippen LogP contribution in [0.15, 0.2) is 18.2 Å². The van der Waals surface area contributed by atoms with Crippen molar-refractivity contribution in [3.63, 3.8) is 0 Å². The maximum absolute atomic E-state index is 12.2. The Hall–Kier alpha value is -2.26. The van der Waals surface area contributed by atoms with E-state index in [0.29, 0.717) is 55.4 Å². The number of halogens is 1. The molecule has 122 valence electrons. The first kappa shape index (κ1) is 17.1. The smallest absolute Gasteiger partial charge is 0.224 e. The fourth-order valence-electron chi connectivity index (χ4n) is 2.49. The lowest BCUT2D eigenvalue weighted by Gasteiger charge is -2.34. The van der Waals surface area contributed by atoms with Gasteiger partial charge in [-0.2, -0.15) is 5.26 Å². The van der Waals surface area contributed by atoms with Crippen molar-refractivity contribution in [3.8, 4) is 6.07 Å². The highest BCUT2D eigenvalue weighted by molar-refractivity contribution is 6.30. The number of hydrogen-bond donors (Lipinski definition) is 1. The average molecular weight is 335 g/mol. The first-order chi connectivity index (χ1) is 11.0. The first-order valence-corrected chi connectivity index (χ1v) is 7.86. The minimum atomic E-state index is 0.0428. The van der Waals surface area contributed by atoms with Crippen LogP contribution in [0.4, 0.5) is 5.69 Å². The number of nitrogens with zero attached hydrogens (tertiary/aromatic N) is 3. The maximum Gasteiger partial charge on any atom is 0.224 e. The Labute approximate surface area is 140 Å². The van der Waals surface area contributed by atoms with Crippen molar-refractivity contribution in [2.45, 2.75) is 13.3 Å². The second-order valence-electron chi connectivity index (χ2n) is 5.37. The minimum Gasteiger partial charge on any atom is -0.383 e. The quantitative estimate of drug-likeness (QED) is 0.909. The van der Waals surface area contributed by atoms with Crippen LogP contribution in [0.25, 0.3) is 0 Å². The highest BCUT2D eigenvalue weighted by Crippen LogP contribution is 2.20. The number of piperazine rings is 1. The van der Waals surface area contributed by atoms with E-state index in [1.807, 2.05) is 0 Å². The van der Waals surface area contributed by atoms with Crippen LogP contribution >= 0.6 is 11.6 Å². The van der Waals surface area contributed by atoms with E-state index < -0.39 is 0 Å². The van der Waals surface area contributed by atoms with Gasteiger partial charge in [0, 0.05) is 51.1 Å². The molecular formula is C16H19ClN4O2. The molecule has 0 bridgehead atoms. The second kappa shape index (κ2) is 7.84. The molecule has 23 heavy (non-hydrogen) atoms. The molecule has 1 N–H and O–H groups in total. The van der Waals surface area contributed by atoms with Crippen molar-refractivity contribution < 1.29 is 9.59 Å². The van der Waals surface area contributed by atoms with Crippen LogP contribution in [0.2, 0.25) is 5.02 Å². The van der Waals surface area contributed by atoms with E-state index in [1.165, 1.54) is 0 Å². The lowest BCUT2D eigenvalue weighted by atomic mass is 10.2. The van der Waals surface area contributed by atoms with E-state index in [4.69, 9.17) is 16.9 Å². The zero-order chi connectivity index (χ0) is 16.8. The van der Waals surface area contributed by atoms with E-state index in [9.17, 15) is 9.59 Å². The van der Waals surface area contributed by atoms with Gasteiger partial charge in [0.25, 0.3) is 0 Å². The van der Waals surface area contributed by atoms with E-state index in [2.05, 4.69) is 11.4 Å². The first-order valence-electron chi connectivity index (χ1n) is 7.48. The maximum atomic E-state index is 12.2. The molecule has 0 unspecified atom stereocenters.